The number of phenolic OH excluding ortho intramolecular Hbond substituents is 1. The van der Waals surface area contributed by atoms with Crippen molar-refractivity contribution in [3.05, 3.63) is 100 Å². The minimum atomic E-state index is -0.643. The van der Waals surface area contributed by atoms with Gasteiger partial charge in [0.2, 0.25) is 0 Å². The monoisotopic (exact) mass is 342 g/mol. The summed E-state index contributed by atoms with van der Waals surface area (Å²) in [6, 6.07) is 22.0. The molecule has 0 saturated heterocycles. The van der Waals surface area contributed by atoms with Crippen LogP contribution in [0.15, 0.2) is 66.7 Å². The van der Waals surface area contributed by atoms with Crippen LogP contribution in [0.1, 0.15) is 52.3 Å². The summed E-state index contributed by atoms with van der Waals surface area (Å²) in [6.45, 7) is 0. The van der Waals surface area contributed by atoms with Crippen molar-refractivity contribution in [2.24, 2.45) is 0 Å². The first-order valence-electron chi connectivity index (χ1n) is 9.37. The van der Waals surface area contributed by atoms with Gasteiger partial charge < -0.3 is 10.2 Å². The van der Waals surface area contributed by atoms with Gasteiger partial charge in [-0.25, -0.2) is 0 Å². The molecule has 2 aliphatic carbocycles. The summed E-state index contributed by atoms with van der Waals surface area (Å²) in [4.78, 5) is 0. The summed E-state index contributed by atoms with van der Waals surface area (Å²) in [5, 5.41) is 21.8. The van der Waals surface area contributed by atoms with E-state index in [0.29, 0.717) is 5.75 Å². The van der Waals surface area contributed by atoms with Crippen molar-refractivity contribution in [3.8, 4) is 5.75 Å². The van der Waals surface area contributed by atoms with Crippen molar-refractivity contribution in [2.75, 3.05) is 0 Å². The molecular formula is C24H22O2. The maximum absolute atomic E-state index is 11.2. The van der Waals surface area contributed by atoms with Gasteiger partial charge in [-0.3, -0.25) is 0 Å². The van der Waals surface area contributed by atoms with Gasteiger partial charge in [0.25, 0.3) is 0 Å². The molecule has 2 N–H and O–H groups in total. The molecule has 0 heterocycles. The predicted octanol–water partition coefficient (Wildman–Crippen LogP) is 4.65. The van der Waals surface area contributed by atoms with Crippen molar-refractivity contribution in [2.45, 2.75) is 37.2 Å². The van der Waals surface area contributed by atoms with E-state index in [2.05, 4.69) is 24.3 Å². The molecular weight excluding hydrogens is 320 g/mol. The molecule has 26 heavy (non-hydrogen) atoms. The second kappa shape index (κ2) is 5.72. The standard InChI is InChI=1S/C24H22O2/c25-20-11-5-9-17-13-15-24(22(17)20)14-12-16-8-4-10-19(21(16)24)23(26)18-6-2-1-3-7-18/h1-11,23,25-26H,12-15H2/t23?,24-/m1/s1. The molecule has 2 heteroatoms. The predicted molar refractivity (Wildman–Crippen MR) is 102 cm³/mol. The van der Waals surface area contributed by atoms with Crippen molar-refractivity contribution in [1.82, 2.24) is 0 Å². The second-order valence-corrected chi connectivity index (χ2v) is 7.59. The molecule has 0 aromatic heterocycles. The Balaban J connectivity index is 1.72. The minimum absolute atomic E-state index is 0.164. The minimum Gasteiger partial charge on any atom is -0.508 e. The lowest BCUT2D eigenvalue weighted by Crippen LogP contribution is -2.24. The van der Waals surface area contributed by atoms with E-state index in [-0.39, 0.29) is 5.41 Å². The van der Waals surface area contributed by atoms with E-state index < -0.39 is 6.10 Å². The van der Waals surface area contributed by atoms with Crippen LogP contribution in [0.5, 0.6) is 5.75 Å². The molecule has 1 spiro atoms. The van der Waals surface area contributed by atoms with E-state index in [1.54, 1.807) is 6.07 Å². The summed E-state index contributed by atoms with van der Waals surface area (Å²) in [5.41, 5.74) is 6.64. The molecule has 0 radical (unpaired) electrons. The first kappa shape index (κ1) is 15.7. The van der Waals surface area contributed by atoms with E-state index in [4.69, 9.17) is 0 Å². The smallest absolute Gasteiger partial charge is 0.119 e. The number of aromatic hydroxyl groups is 1. The Labute approximate surface area is 153 Å². The highest BCUT2D eigenvalue weighted by Crippen LogP contribution is 2.56. The molecule has 0 amide bonds. The first-order chi connectivity index (χ1) is 12.7. The van der Waals surface area contributed by atoms with Gasteiger partial charge in [-0.15, -0.1) is 0 Å². The van der Waals surface area contributed by atoms with Crippen LogP contribution in [-0.4, -0.2) is 10.2 Å². The number of hydrogen-bond donors (Lipinski definition) is 2. The number of rotatable bonds is 2. The summed E-state index contributed by atoms with van der Waals surface area (Å²) in [7, 11) is 0. The third-order valence-corrected chi connectivity index (χ3v) is 6.32. The van der Waals surface area contributed by atoms with Crippen LogP contribution >= 0.6 is 0 Å². The van der Waals surface area contributed by atoms with Crippen LogP contribution < -0.4 is 0 Å². The Morgan fingerprint density at radius 2 is 1.38 bits per heavy atom. The number of aliphatic hydroxyl groups excluding tert-OH is 1. The number of fused-ring (bicyclic) bond motifs is 4. The number of aryl methyl sites for hydroxylation is 2. The largest absolute Gasteiger partial charge is 0.508 e. The molecule has 3 aromatic carbocycles. The zero-order valence-electron chi connectivity index (χ0n) is 14.7. The zero-order chi connectivity index (χ0) is 17.7. The van der Waals surface area contributed by atoms with Crippen LogP contribution in [-0.2, 0) is 18.3 Å². The molecule has 130 valence electrons. The van der Waals surface area contributed by atoms with E-state index >= 15 is 0 Å². The highest BCUT2D eigenvalue weighted by atomic mass is 16.3. The maximum atomic E-state index is 11.2. The highest BCUT2D eigenvalue weighted by molar-refractivity contribution is 5.61. The maximum Gasteiger partial charge on any atom is 0.119 e. The van der Waals surface area contributed by atoms with E-state index in [0.717, 1.165) is 42.4 Å². The second-order valence-electron chi connectivity index (χ2n) is 7.59. The van der Waals surface area contributed by atoms with Crippen molar-refractivity contribution in [1.29, 1.82) is 0 Å². The van der Waals surface area contributed by atoms with Gasteiger partial charge in [0.15, 0.2) is 0 Å². The molecule has 2 atom stereocenters. The number of hydrogen-bond acceptors (Lipinski definition) is 2. The lowest BCUT2D eigenvalue weighted by atomic mass is 9.73. The molecule has 1 unspecified atom stereocenters. The van der Waals surface area contributed by atoms with Gasteiger partial charge in [-0.2, -0.15) is 0 Å². The Morgan fingerprint density at radius 1 is 0.731 bits per heavy atom. The fourth-order valence-electron chi connectivity index (χ4n) is 5.25. The lowest BCUT2D eigenvalue weighted by Gasteiger charge is -2.30. The number of aliphatic hydroxyl groups is 1. The Morgan fingerprint density at radius 3 is 2.12 bits per heavy atom. The molecule has 2 aliphatic rings. The highest BCUT2D eigenvalue weighted by Gasteiger charge is 2.48. The molecule has 0 saturated carbocycles. The van der Waals surface area contributed by atoms with Gasteiger partial charge in [0.05, 0.1) is 0 Å². The zero-order valence-corrected chi connectivity index (χ0v) is 14.7. The van der Waals surface area contributed by atoms with Crippen molar-refractivity contribution in [3.63, 3.8) is 0 Å². The van der Waals surface area contributed by atoms with Crippen LogP contribution in [0.4, 0.5) is 0 Å². The average Bonchev–Trinajstić information content (AvgIpc) is 3.25. The SMILES string of the molecule is Oc1cccc2c1[C@@]1(CC2)CCc2cccc(C(O)c3ccccc3)c21. The van der Waals surface area contributed by atoms with Gasteiger partial charge in [0, 0.05) is 11.0 Å². The molecule has 0 aliphatic heterocycles. The van der Waals surface area contributed by atoms with E-state index in [9.17, 15) is 10.2 Å². The summed E-state index contributed by atoms with van der Waals surface area (Å²) >= 11 is 0. The topological polar surface area (TPSA) is 40.5 Å². The Bertz CT molecular complexity index is 973. The van der Waals surface area contributed by atoms with Crippen molar-refractivity contribution < 1.29 is 10.2 Å². The van der Waals surface area contributed by atoms with Crippen LogP contribution in [0.2, 0.25) is 0 Å². The summed E-state index contributed by atoms with van der Waals surface area (Å²) in [6.07, 6.45) is 3.35. The molecule has 2 nitrogen and oxygen atoms in total. The third-order valence-electron chi connectivity index (χ3n) is 6.32. The number of phenols is 1. The Hall–Kier alpha value is -2.58. The van der Waals surface area contributed by atoms with Crippen LogP contribution in [0, 0.1) is 0 Å². The summed E-state index contributed by atoms with van der Waals surface area (Å²) in [5.74, 6) is 0.400. The van der Waals surface area contributed by atoms with E-state index in [1.807, 2.05) is 36.4 Å². The molecule has 0 fully saturated rings. The average molecular weight is 342 g/mol. The van der Waals surface area contributed by atoms with Crippen molar-refractivity contribution >= 4 is 0 Å². The third kappa shape index (κ3) is 2.09. The van der Waals surface area contributed by atoms with Gasteiger partial charge in [0.1, 0.15) is 11.9 Å². The quantitative estimate of drug-likeness (QED) is 0.711. The summed E-state index contributed by atoms with van der Waals surface area (Å²) < 4.78 is 0. The molecule has 5 rings (SSSR count). The molecule has 0 bridgehead atoms. The van der Waals surface area contributed by atoms with Gasteiger partial charge >= 0.3 is 0 Å². The van der Waals surface area contributed by atoms with Crippen LogP contribution in [0.3, 0.4) is 0 Å². The lowest BCUT2D eigenvalue weighted by molar-refractivity contribution is 0.217. The van der Waals surface area contributed by atoms with Gasteiger partial charge in [-0.05, 0) is 59.6 Å². The number of benzene rings is 3. The molecule has 3 aromatic rings. The fraction of sp³-hybridized carbons (Fsp3) is 0.250. The fourth-order valence-corrected chi connectivity index (χ4v) is 5.25. The normalized spacial score (nSPS) is 21.6. The van der Waals surface area contributed by atoms with Gasteiger partial charge in [-0.1, -0.05) is 60.7 Å². The van der Waals surface area contributed by atoms with Crippen LogP contribution in [0.25, 0.3) is 0 Å². The van der Waals surface area contributed by atoms with E-state index in [1.165, 1.54) is 16.7 Å². The Kier molecular flexibility index (Phi) is 3.44. The first-order valence-corrected chi connectivity index (χ1v) is 9.37.